The van der Waals surface area contributed by atoms with Gasteiger partial charge in [0.25, 0.3) is 5.91 Å². The van der Waals surface area contributed by atoms with E-state index in [9.17, 15) is 14.9 Å². The molecule has 0 saturated heterocycles. The summed E-state index contributed by atoms with van der Waals surface area (Å²) in [6.45, 7) is 2.01. The Morgan fingerprint density at radius 1 is 1.16 bits per heavy atom. The Hall–Kier alpha value is -3.59. The van der Waals surface area contributed by atoms with Crippen LogP contribution < -0.4 is 10.6 Å². The Balaban J connectivity index is 1.71. The summed E-state index contributed by atoms with van der Waals surface area (Å²) < 4.78 is 4.71. The van der Waals surface area contributed by atoms with E-state index < -0.39 is 11.9 Å². The molecule has 1 aliphatic rings. The zero-order valence-electron chi connectivity index (χ0n) is 17.9. The maximum absolute atomic E-state index is 12.7. The summed E-state index contributed by atoms with van der Waals surface area (Å²) >= 11 is 0. The van der Waals surface area contributed by atoms with Gasteiger partial charge in [-0.1, -0.05) is 31.2 Å². The minimum atomic E-state index is -0.457. The first-order valence-electron chi connectivity index (χ1n) is 10.5. The van der Waals surface area contributed by atoms with E-state index >= 15 is 0 Å². The van der Waals surface area contributed by atoms with Crippen LogP contribution in [0.3, 0.4) is 0 Å². The summed E-state index contributed by atoms with van der Waals surface area (Å²) in [6, 6.07) is 14.9. The third-order valence-corrected chi connectivity index (χ3v) is 5.52. The highest BCUT2D eigenvalue weighted by Gasteiger charge is 2.18. The molecular formula is C25H27N3O3. The van der Waals surface area contributed by atoms with Crippen LogP contribution in [-0.4, -0.2) is 19.0 Å². The molecule has 2 N–H and O–H groups in total. The van der Waals surface area contributed by atoms with Crippen molar-refractivity contribution in [2.45, 2.75) is 45.1 Å². The summed E-state index contributed by atoms with van der Waals surface area (Å²) in [6.07, 6.45) is 6.69. The van der Waals surface area contributed by atoms with Gasteiger partial charge in [0.05, 0.1) is 18.7 Å². The van der Waals surface area contributed by atoms with E-state index in [1.54, 1.807) is 24.3 Å². The van der Waals surface area contributed by atoms with Crippen LogP contribution in [0, 0.1) is 11.3 Å². The molecule has 3 rings (SSSR count). The number of methoxy groups -OCH3 is 1. The number of ether oxygens (including phenoxy) is 1. The van der Waals surface area contributed by atoms with Gasteiger partial charge in [0.15, 0.2) is 0 Å². The SMILES string of the molecule is CCC(NC(=O)/C(C#N)=C\Nc1cccc(C(=O)OC)c1)c1ccc2c(c1)CCCC2. The van der Waals surface area contributed by atoms with Crippen LogP contribution >= 0.6 is 0 Å². The number of anilines is 1. The second-order valence-corrected chi connectivity index (χ2v) is 7.56. The Kier molecular flexibility index (Phi) is 7.45. The topological polar surface area (TPSA) is 91.2 Å². The molecule has 1 unspecified atom stereocenters. The van der Waals surface area contributed by atoms with Crippen molar-refractivity contribution in [1.82, 2.24) is 5.32 Å². The van der Waals surface area contributed by atoms with E-state index in [0.717, 1.165) is 24.8 Å². The average Bonchev–Trinajstić information content (AvgIpc) is 2.82. The molecule has 1 aliphatic carbocycles. The lowest BCUT2D eigenvalue weighted by molar-refractivity contribution is -0.117. The second kappa shape index (κ2) is 10.4. The molecule has 0 fully saturated rings. The van der Waals surface area contributed by atoms with E-state index in [-0.39, 0.29) is 11.6 Å². The number of amides is 1. The lowest BCUT2D eigenvalue weighted by Gasteiger charge is -2.21. The molecule has 0 bridgehead atoms. The summed E-state index contributed by atoms with van der Waals surface area (Å²) in [7, 11) is 1.31. The van der Waals surface area contributed by atoms with E-state index in [2.05, 4.69) is 28.8 Å². The van der Waals surface area contributed by atoms with Crippen molar-refractivity contribution >= 4 is 17.6 Å². The summed E-state index contributed by atoms with van der Waals surface area (Å²) in [4.78, 5) is 24.4. The third-order valence-electron chi connectivity index (χ3n) is 5.52. The molecule has 0 saturated carbocycles. The van der Waals surface area contributed by atoms with Crippen LogP contribution in [0.25, 0.3) is 0 Å². The fraction of sp³-hybridized carbons (Fsp3) is 0.320. The number of nitriles is 1. The van der Waals surface area contributed by atoms with Gasteiger partial charge in [-0.15, -0.1) is 0 Å². The van der Waals surface area contributed by atoms with Gasteiger partial charge in [-0.2, -0.15) is 5.26 Å². The summed E-state index contributed by atoms with van der Waals surface area (Å²) in [5, 5.41) is 15.4. The minimum Gasteiger partial charge on any atom is -0.465 e. The highest BCUT2D eigenvalue weighted by atomic mass is 16.5. The number of carbonyl (C=O) groups excluding carboxylic acids is 2. The van der Waals surface area contributed by atoms with Crippen LogP contribution in [0.1, 0.15) is 59.3 Å². The lowest BCUT2D eigenvalue weighted by atomic mass is 9.88. The average molecular weight is 418 g/mol. The van der Waals surface area contributed by atoms with Crippen LogP contribution in [0.4, 0.5) is 5.69 Å². The quantitative estimate of drug-likeness (QED) is 0.395. The Morgan fingerprint density at radius 3 is 2.65 bits per heavy atom. The first kappa shape index (κ1) is 22.1. The standard InChI is InChI=1S/C25H27N3O3/c1-3-23(19-12-11-17-7-4-5-8-18(17)13-19)28-24(29)21(15-26)16-27-22-10-6-9-20(14-22)25(30)31-2/h6,9-14,16,23,27H,3-5,7-8H2,1-2H3,(H,28,29)/b21-16-. The van der Waals surface area contributed by atoms with Gasteiger partial charge in [-0.3, -0.25) is 4.79 Å². The van der Waals surface area contributed by atoms with E-state index in [1.165, 1.54) is 37.3 Å². The number of benzene rings is 2. The molecule has 31 heavy (non-hydrogen) atoms. The highest BCUT2D eigenvalue weighted by Crippen LogP contribution is 2.26. The molecule has 6 heteroatoms. The zero-order valence-corrected chi connectivity index (χ0v) is 17.9. The van der Waals surface area contributed by atoms with E-state index in [1.807, 2.05) is 13.0 Å². The number of hydrogen-bond acceptors (Lipinski definition) is 5. The van der Waals surface area contributed by atoms with Crippen LogP contribution in [-0.2, 0) is 22.4 Å². The van der Waals surface area contributed by atoms with Crippen molar-refractivity contribution in [2.24, 2.45) is 0 Å². The molecular weight excluding hydrogens is 390 g/mol. The number of hydrogen-bond donors (Lipinski definition) is 2. The highest BCUT2D eigenvalue weighted by molar-refractivity contribution is 5.98. The number of fused-ring (bicyclic) bond motifs is 1. The molecule has 0 spiro atoms. The van der Waals surface area contributed by atoms with Crippen molar-refractivity contribution in [2.75, 3.05) is 12.4 Å². The maximum atomic E-state index is 12.7. The fourth-order valence-corrected chi connectivity index (χ4v) is 3.79. The molecule has 0 radical (unpaired) electrons. The first-order chi connectivity index (χ1) is 15.0. The lowest BCUT2D eigenvalue weighted by Crippen LogP contribution is -2.29. The molecule has 1 atom stereocenters. The molecule has 1 amide bonds. The van der Waals surface area contributed by atoms with Crippen LogP contribution in [0.15, 0.2) is 54.2 Å². The zero-order chi connectivity index (χ0) is 22.2. The normalized spacial score (nSPS) is 14.0. The van der Waals surface area contributed by atoms with Crippen molar-refractivity contribution in [3.63, 3.8) is 0 Å². The molecule has 0 aromatic heterocycles. The molecule has 0 heterocycles. The van der Waals surface area contributed by atoms with E-state index in [4.69, 9.17) is 4.74 Å². The Labute approximate surface area is 182 Å². The van der Waals surface area contributed by atoms with E-state index in [0.29, 0.717) is 11.3 Å². The van der Waals surface area contributed by atoms with Gasteiger partial charge < -0.3 is 15.4 Å². The molecule has 160 valence electrons. The van der Waals surface area contributed by atoms with Gasteiger partial charge >= 0.3 is 5.97 Å². The molecule has 0 aliphatic heterocycles. The molecule has 2 aromatic rings. The Morgan fingerprint density at radius 2 is 1.94 bits per heavy atom. The third kappa shape index (κ3) is 5.52. The number of nitrogens with zero attached hydrogens (tertiary/aromatic N) is 1. The Bertz CT molecular complexity index is 1040. The minimum absolute atomic E-state index is 0.0418. The number of rotatable bonds is 7. The van der Waals surface area contributed by atoms with Gasteiger partial charge in [0.1, 0.15) is 11.6 Å². The maximum Gasteiger partial charge on any atom is 0.337 e. The predicted molar refractivity (Wildman–Crippen MR) is 119 cm³/mol. The van der Waals surface area contributed by atoms with Crippen LogP contribution in [0.5, 0.6) is 0 Å². The molecule has 6 nitrogen and oxygen atoms in total. The van der Waals surface area contributed by atoms with Gasteiger partial charge in [-0.05, 0) is 67.0 Å². The van der Waals surface area contributed by atoms with Crippen molar-refractivity contribution in [3.8, 4) is 6.07 Å². The predicted octanol–water partition coefficient (Wildman–Crippen LogP) is 4.44. The monoisotopic (exact) mass is 417 g/mol. The summed E-state index contributed by atoms with van der Waals surface area (Å²) in [5.41, 5.74) is 4.73. The van der Waals surface area contributed by atoms with Crippen molar-refractivity contribution in [1.29, 1.82) is 5.26 Å². The number of aryl methyl sites for hydroxylation is 2. The number of carbonyl (C=O) groups is 2. The summed E-state index contributed by atoms with van der Waals surface area (Å²) in [5.74, 6) is -0.898. The fourth-order valence-electron chi connectivity index (χ4n) is 3.79. The smallest absolute Gasteiger partial charge is 0.337 e. The van der Waals surface area contributed by atoms with Gasteiger partial charge in [-0.25, -0.2) is 4.79 Å². The van der Waals surface area contributed by atoms with Crippen LogP contribution in [0.2, 0.25) is 0 Å². The number of esters is 1. The second-order valence-electron chi connectivity index (χ2n) is 7.56. The largest absolute Gasteiger partial charge is 0.465 e. The number of nitrogens with one attached hydrogen (secondary N) is 2. The van der Waals surface area contributed by atoms with Crippen molar-refractivity contribution in [3.05, 3.63) is 76.5 Å². The first-order valence-corrected chi connectivity index (χ1v) is 10.5. The van der Waals surface area contributed by atoms with Crippen molar-refractivity contribution < 1.29 is 14.3 Å². The van der Waals surface area contributed by atoms with Gasteiger partial charge in [0.2, 0.25) is 0 Å². The molecule has 2 aromatic carbocycles. The van der Waals surface area contributed by atoms with Gasteiger partial charge in [0, 0.05) is 11.9 Å².